The highest BCUT2D eigenvalue weighted by atomic mass is 35.5. The molecule has 0 aromatic carbocycles. The maximum atomic E-state index is 12.7. The van der Waals surface area contributed by atoms with Crippen LogP contribution in [0.4, 0.5) is 0 Å². The Morgan fingerprint density at radius 3 is 1.86 bits per heavy atom. The van der Waals surface area contributed by atoms with Crippen molar-refractivity contribution in [3.63, 3.8) is 0 Å². The largest absolute Gasteiger partial charge is 0.339 e. The first-order chi connectivity index (χ1) is 9.79. The molecule has 0 fully saturated rings. The molecule has 118 valence electrons. The fourth-order valence-corrected chi connectivity index (χ4v) is 2.37. The van der Waals surface area contributed by atoms with Gasteiger partial charge in [-0.15, -0.1) is 0 Å². The van der Waals surface area contributed by atoms with Crippen molar-refractivity contribution in [3.8, 4) is 0 Å². The van der Waals surface area contributed by atoms with E-state index in [4.69, 9.17) is 23.2 Å². The van der Waals surface area contributed by atoms with Gasteiger partial charge in [0.05, 0.1) is 0 Å². The van der Waals surface area contributed by atoms with Crippen LogP contribution >= 0.6 is 23.2 Å². The molecular weight excluding hydrogens is 307 g/mol. The summed E-state index contributed by atoms with van der Waals surface area (Å²) in [6.45, 7) is 10.1. The molecule has 0 atom stereocenters. The zero-order chi connectivity index (χ0) is 16.0. The van der Waals surface area contributed by atoms with Gasteiger partial charge >= 0.3 is 0 Å². The molecule has 1 heterocycles. The average Bonchev–Trinajstić information content (AvgIpc) is 2.36. The number of pyridine rings is 1. The van der Waals surface area contributed by atoms with Crippen LogP contribution in [0.2, 0.25) is 10.3 Å². The summed E-state index contributed by atoms with van der Waals surface area (Å²) in [5.74, 6) is 1.09. The maximum absolute atomic E-state index is 12.7. The number of nitrogens with zero attached hydrogens (tertiary/aromatic N) is 2. The molecule has 1 aromatic rings. The van der Waals surface area contributed by atoms with E-state index < -0.39 is 0 Å². The highest BCUT2D eigenvalue weighted by Gasteiger charge is 2.17. The zero-order valence-electron chi connectivity index (χ0n) is 13.2. The van der Waals surface area contributed by atoms with E-state index in [1.165, 1.54) is 0 Å². The Kier molecular flexibility index (Phi) is 7.47. The van der Waals surface area contributed by atoms with Gasteiger partial charge in [0.15, 0.2) is 0 Å². The van der Waals surface area contributed by atoms with Crippen LogP contribution in [0.1, 0.15) is 50.9 Å². The molecule has 1 aromatic heterocycles. The van der Waals surface area contributed by atoms with Crippen molar-refractivity contribution in [2.45, 2.75) is 40.5 Å². The lowest BCUT2D eigenvalue weighted by Crippen LogP contribution is -2.34. The van der Waals surface area contributed by atoms with Gasteiger partial charge in [0.25, 0.3) is 5.91 Å². The van der Waals surface area contributed by atoms with Crippen LogP contribution in [0, 0.1) is 11.8 Å². The van der Waals surface area contributed by atoms with E-state index in [1.807, 2.05) is 4.90 Å². The number of carbonyl (C=O) groups is 1. The third kappa shape index (κ3) is 6.66. The van der Waals surface area contributed by atoms with E-state index in [1.54, 1.807) is 12.1 Å². The van der Waals surface area contributed by atoms with Crippen LogP contribution in [-0.4, -0.2) is 28.9 Å². The Balaban J connectivity index is 2.86. The van der Waals surface area contributed by atoms with Gasteiger partial charge < -0.3 is 4.90 Å². The van der Waals surface area contributed by atoms with Crippen LogP contribution in [0.3, 0.4) is 0 Å². The third-order valence-electron chi connectivity index (χ3n) is 3.25. The highest BCUT2D eigenvalue weighted by Crippen LogP contribution is 2.17. The number of aromatic nitrogens is 1. The SMILES string of the molecule is CC(C)CCN(CCC(C)C)C(=O)c1cc(Cl)nc(Cl)c1. The van der Waals surface area contributed by atoms with Gasteiger partial charge in [-0.25, -0.2) is 4.98 Å². The molecule has 0 aliphatic carbocycles. The van der Waals surface area contributed by atoms with Crippen molar-refractivity contribution in [1.82, 2.24) is 9.88 Å². The molecule has 1 rings (SSSR count). The second kappa shape index (κ2) is 8.60. The predicted octanol–water partition coefficient (Wildman–Crippen LogP) is 4.92. The van der Waals surface area contributed by atoms with Crippen molar-refractivity contribution in [2.24, 2.45) is 11.8 Å². The van der Waals surface area contributed by atoms with Gasteiger partial charge in [0.1, 0.15) is 10.3 Å². The quantitative estimate of drug-likeness (QED) is 0.664. The summed E-state index contributed by atoms with van der Waals surface area (Å²) < 4.78 is 0. The number of carbonyl (C=O) groups excluding carboxylic acids is 1. The standard InChI is InChI=1S/C16H24Cl2N2O/c1-11(2)5-7-20(8-6-12(3)4)16(21)13-9-14(17)19-15(18)10-13/h9-12H,5-8H2,1-4H3. The van der Waals surface area contributed by atoms with E-state index in [2.05, 4.69) is 32.7 Å². The van der Waals surface area contributed by atoms with E-state index in [-0.39, 0.29) is 16.2 Å². The number of hydrogen-bond acceptors (Lipinski definition) is 2. The number of halogens is 2. The molecule has 1 amide bonds. The first-order valence-electron chi connectivity index (χ1n) is 7.42. The van der Waals surface area contributed by atoms with E-state index in [9.17, 15) is 4.79 Å². The zero-order valence-corrected chi connectivity index (χ0v) is 14.7. The third-order valence-corrected chi connectivity index (χ3v) is 3.64. The lowest BCUT2D eigenvalue weighted by Gasteiger charge is -2.24. The summed E-state index contributed by atoms with van der Waals surface area (Å²) in [4.78, 5) is 18.4. The Morgan fingerprint density at radius 1 is 1.05 bits per heavy atom. The Morgan fingerprint density at radius 2 is 1.48 bits per heavy atom. The topological polar surface area (TPSA) is 33.2 Å². The van der Waals surface area contributed by atoms with E-state index >= 15 is 0 Å². The Hall–Kier alpha value is -0.800. The van der Waals surface area contributed by atoms with Crippen molar-refractivity contribution in [1.29, 1.82) is 0 Å². The first kappa shape index (κ1) is 18.2. The number of hydrogen-bond donors (Lipinski definition) is 0. The monoisotopic (exact) mass is 330 g/mol. The van der Waals surface area contributed by atoms with Crippen molar-refractivity contribution in [3.05, 3.63) is 28.0 Å². The van der Waals surface area contributed by atoms with Crippen LogP contribution in [-0.2, 0) is 0 Å². The van der Waals surface area contributed by atoms with Crippen LogP contribution < -0.4 is 0 Å². The van der Waals surface area contributed by atoms with E-state index in [0.717, 1.165) is 25.9 Å². The minimum absolute atomic E-state index is 0.0255. The second-order valence-corrected chi connectivity index (χ2v) is 6.93. The van der Waals surface area contributed by atoms with Gasteiger partial charge in [0, 0.05) is 18.7 Å². The molecule has 3 nitrogen and oxygen atoms in total. The van der Waals surface area contributed by atoms with Gasteiger partial charge in [0.2, 0.25) is 0 Å². The predicted molar refractivity (Wildman–Crippen MR) is 89.1 cm³/mol. The van der Waals surface area contributed by atoms with Crippen LogP contribution in [0.5, 0.6) is 0 Å². The molecule has 5 heteroatoms. The summed E-state index contributed by atoms with van der Waals surface area (Å²) in [6.07, 6.45) is 1.97. The van der Waals surface area contributed by atoms with E-state index in [0.29, 0.717) is 17.4 Å². The molecule has 0 saturated heterocycles. The summed E-state index contributed by atoms with van der Waals surface area (Å²) in [5, 5.41) is 0.497. The average molecular weight is 331 g/mol. The first-order valence-corrected chi connectivity index (χ1v) is 8.17. The maximum Gasteiger partial charge on any atom is 0.254 e. The van der Waals surface area contributed by atoms with Gasteiger partial charge in [-0.05, 0) is 36.8 Å². The lowest BCUT2D eigenvalue weighted by atomic mass is 10.1. The van der Waals surface area contributed by atoms with Crippen molar-refractivity contribution >= 4 is 29.1 Å². The van der Waals surface area contributed by atoms with Gasteiger partial charge in [-0.1, -0.05) is 50.9 Å². The summed E-state index contributed by atoms with van der Waals surface area (Å²) in [6, 6.07) is 3.15. The molecule has 0 radical (unpaired) electrons. The highest BCUT2D eigenvalue weighted by molar-refractivity contribution is 6.33. The number of amides is 1. The summed E-state index contributed by atoms with van der Waals surface area (Å²) >= 11 is 11.8. The fourth-order valence-electron chi connectivity index (χ4n) is 1.91. The molecule has 0 saturated carbocycles. The van der Waals surface area contributed by atoms with Gasteiger partial charge in [-0.2, -0.15) is 0 Å². The molecule has 0 N–H and O–H groups in total. The van der Waals surface area contributed by atoms with Gasteiger partial charge in [-0.3, -0.25) is 4.79 Å². The van der Waals surface area contributed by atoms with Crippen molar-refractivity contribution < 1.29 is 4.79 Å². The minimum Gasteiger partial charge on any atom is -0.339 e. The fraction of sp³-hybridized carbons (Fsp3) is 0.625. The number of rotatable bonds is 7. The Labute approximate surface area is 137 Å². The molecule has 0 unspecified atom stereocenters. The molecule has 0 bridgehead atoms. The molecule has 0 aliphatic heterocycles. The molecule has 0 spiro atoms. The summed E-state index contributed by atoms with van der Waals surface area (Å²) in [7, 11) is 0. The normalized spacial score (nSPS) is 11.2. The van der Waals surface area contributed by atoms with Crippen LogP contribution in [0.15, 0.2) is 12.1 Å². The molecule has 21 heavy (non-hydrogen) atoms. The molecule has 0 aliphatic rings. The lowest BCUT2D eigenvalue weighted by molar-refractivity contribution is 0.0740. The van der Waals surface area contributed by atoms with Crippen molar-refractivity contribution in [2.75, 3.05) is 13.1 Å². The summed E-state index contributed by atoms with van der Waals surface area (Å²) in [5.41, 5.74) is 0.507. The van der Waals surface area contributed by atoms with Crippen LogP contribution in [0.25, 0.3) is 0 Å². The smallest absolute Gasteiger partial charge is 0.254 e. The molecular formula is C16H24Cl2N2O. The Bertz CT molecular complexity index is 443. The minimum atomic E-state index is -0.0255. The second-order valence-electron chi connectivity index (χ2n) is 6.16.